The minimum Gasteiger partial charge on any atom is -0.508 e. The minimum atomic E-state index is -0.943. The number of hydrogen-bond donors (Lipinski definition) is 4. The van der Waals surface area contributed by atoms with Gasteiger partial charge >= 0.3 is 0 Å². The van der Waals surface area contributed by atoms with Crippen LogP contribution >= 0.6 is 0 Å². The van der Waals surface area contributed by atoms with Crippen molar-refractivity contribution in [3.05, 3.63) is 67.8 Å². The van der Waals surface area contributed by atoms with Crippen molar-refractivity contribution in [1.29, 1.82) is 0 Å². The summed E-state index contributed by atoms with van der Waals surface area (Å²) in [6.07, 6.45) is -0.943. The zero-order chi connectivity index (χ0) is 20.8. The number of benzene rings is 2. The van der Waals surface area contributed by atoms with Crippen molar-refractivity contribution >= 4 is 11.4 Å². The molecule has 2 aromatic carbocycles. The summed E-state index contributed by atoms with van der Waals surface area (Å²) in [6, 6.07) is 7.09. The number of nitro benzene ring substituents is 2. The molecule has 5 N–H and O–H groups in total. The van der Waals surface area contributed by atoms with E-state index in [-0.39, 0.29) is 60.2 Å². The molecule has 0 amide bonds. The first kappa shape index (κ1) is 21.0. The van der Waals surface area contributed by atoms with Crippen LogP contribution < -0.4 is 5.73 Å². The number of non-ortho nitro benzene ring substituents is 2. The van der Waals surface area contributed by atoms with Crippen molar-refractivity contribution in [3.8, 4) is 11.5 Å². The van der Waals surface area contributed by atoms with E-state index in [1.54, 1.807) is 4.90 Å². The molecule has 0 aliphatic heterocycles. The molecule has 0 aromatic heterocycles. The lowest BCUT2D eigenvalue weighted by molar-refractivity contribution is -0.385. The summed E-state index contributed by atoms with van der Waals surface area (Å²) in [4.78, 5) is 22.3. The topological polar surface area (TPSA) is 176 Å². The number of nitrogens with two attached hydrogens (primary N) is 1. The molecule has 0 saturated carbocycles. The van der Waals surface area contributed by atoms with Crippen LogP contribution in [0.4, 0.5) is 11.4 Å². The van der Waals surface area contributed by atoms with Gasteiger partial charge in [0.2, 0.25) is 0 Å². The monoisotopic (exact) mass is 392 g/mol. The third kappa shape index (κ3) is 5.36. The van der Waals surface area contributed by atoms with E-state index in [1.165, 1.54) is 24.3 Å². The van der Waals surface area contributed by atoms with Crippen molar-refractivity contribution in [3.63, 3.8) is 0 Å². The van der Waals surface area contributed by atoms with E-state index in [4.69, 9.17) is 5.73 Å². The fourth-order valence-electron chi connectivity index (χ4n) is 2.66. The third-order valence-electron chi connectivity index (χ3n) is 4.08. The third-order valence-corrected chi connectivity index (χ3v) is 4.08. The van der Waals surface area contributed by atoms with Crippen LogP contribution in [0.3, 0.4) is 0 Å². The van der Waals surface area contributed by atoms with Gasteiger partial charge in [0, 0.05) is 61.6 Å². The number of aliphatic hydroxyl groups excluding tert-OH is 1. The summed E-state index contributed by atoms with van der Waals surface area (Å²) in [6.45, 7) is -0.0848. The van der Waals surface area contributed by atoms with Gasteiger partial charge in [0.1, 0.15) is 11.5 Å². The molecule has 0 aliphatic carbocycles. The Morgan fingerprint density at radius 3 is 1.71 bits per heavy atom. The van der Waals surface area contributed by atoms with Gasteiger partial charge in [-0.2, -0.15) is 0 Å². The van der Waals surface area contributed by atoms with Crippen LogP contribution in [0.5, 0.6) is 11.5 Å². The van der Waals surface area contributed by atoms with E-state index in [0.29, 0.717) is 0 Å². The van der Waals surface area contributed by atoms with Gasteiger partial charge in [0.15, 0.2) is 0 Å². The Hall–Kier alpha value is -3.28. The molecule has 0 radical (unpaired) electrons. The number of aromatic hydroxyl groups is 2. The zero-order valence-corrected chi connectivity index (χ0v) is 14.8. The van der Waals surface area contributed by atoms with Crippen LogP contribution in [0, 0.1) is 20.2 Å². The van der Waals surface area contributed by atoms with Gasteiger partial charge in [0.25, 0.3) is 11.4 Å². The highest BCUT2D eigenvalue weighted by Crippen LogP contribution is 2.28. The molecule has 2 aromatic rings. The molecule has 0 fully saturated rings. The van der Waals surface area contributed by atoms with Crippen molar-refractivity contribution < 1.29 is 25.2 Å². The average Bonchev–Trinajstić information content (AvgIpc) is 2.64. The maximum Gasteiger partial charge on any atom is 0.270 e. The zero-order valence-electron chi connectivity index (χ0n) is 14.8. The SMILES string of the molecule is NCC(O)CN(Cc1cc([N+](=O)[O-])ccc1O)Cc1cc([N+](=O)[O-])ccc1O. The first-order chi connectivity index (χ1) is 13.2. The highest BCUT2D eigenvalue weighted by molar-refractivity contribution is 5.44. The quantitative estimate of drug-likeness (QED) is 0.361. The van der Waals surface area contributed by atoms with Crippen molar-refractivity contribution in [1.82, 2.24) is 4.90 Å². The summed E-state index contributed by atoms with van der Waals surface area (Å²) in [5.41, 5.74) is 5.46. The van der Waals surface area contributed by atoms with Crippen molar-refractivity contribution in [2.45, 2.75) is 19.2 Å². The second-order valence-corrected chi connectivity index (χ2v) is 6.20. The van der Waals surface area contributed by atoms with E-state index in [2.05, 4.69) is 0 Å². The summed E-state index contributed by atoms with van der Waals surface area (Å²) >= 11 is 0. The van der Waals surface area contributed by atoms with Gasteiger partial charge in [-0.05, 0) is 12.1 Å². The number of nitrogens with zero attached hydrogens (tertiary/aromatic N) is 3. The van der Waals surface area contributed by atoms with Gasteiger partial charge in [0.05, 0.1) is 16.0 Å². The van der Waals surface area contributed by atoms with Crippen LogP contribution in [-0.2, 0) is 13.1 Å². The number of hydrogen-bond acceptors (Lipinski definition) is 9. The largest absolute Gasteiger partial charge is 0.508 e. The van der Waals surface area contributed by atoms with Crippen molar-refractivity contribution in [2.75, 3.05) is 13.1 Å². The lowest BCUT2D eigenvalue weighted by atomic mass is 10.1. The Labute approximate surface area is 159 Å². The molecular formula is C17H20N4O7. The fraction of sp³-hybridized carbons (Fsp3) is 0.294. The van der Waals surface area contributed by atoms with Gasteiger partial charge < -0.3 is 21.1 Å². The van der Waals surface area contributed by atoms with E-state index in [9.17, 15) is 35.5 Å². The number of phenolic OH excluding ortho intramolecular Hbond substituents is 2. The predicted octanol–water partition coefficient (Wildman–Crippen LogP) is 1.24. The smallest absolute Gasteiger partial charge is 0.270 e. The maximum absolute atomic E-state index is 11.0. The summed E-state index contributed by atoms with van der Waals surface area (Å²) < 4.78 is 0. The Morgan fingerprint density at radius 2 is 1.36 bits per heavy atom. The Bertz CT molecular complexity index is 809. The summed E-state index contributed by atoms with van der Waals surface area (Å²) in [5.74, 6) is -0.359. The van der Waals surface area contributed by atoms with Crippen LogP contribution in [-0.4, -0.2) is 49.3 Å². The second-order valence-electron chi connectivity index (χ2n) is 6.20. The number of phenols is 2. The maximum atomic E-state index is 11.0. The van der Waals surface area contributed by atoms with Crippen LogP contribution in [0.15, 0.2) is 36.4 Å². The molecule has 150 valence electrons. The lowest BCUT2D eigenvalue weighted by Crippen LogP contribution is -2.35. The lowest BCUT2D eigenvalue weighted by Gasteiger charge is -2.25. The van der Waals surface area contributed by atoms with Crippen LogP contribution in [0.1, 0.15) is 11.1 Å². The normalized spacial score (nSPS) is 12.1. The number of aliphatic hydroxyl groups is 1. The summed E-state index contributed by atoms with van der Waals surface area (Å²) in [7, 11) is 0. The van der Waals surface area contributed by atoms with E-state index in [1.807, 2.05) is 0 Å². The Kier molecular flexibility index (Phi) is 6.82. The summed E-state index contributed by atoms with van der Waals surface area (Å²) in [5, 5.41) is 51.9. The predicted molar refractivity (Wildman–Crippen MR) is 98.7 cm³/mol. The Morgan fingerprint density at radius 1 is 0.929 bits per heavy atom. The van der Waals surface area contributed by atoms with Gasteiger partial charge in [-0.15, -0.1) is 0 Å². The molecule has 0 heterocycles. The molecule has 1 atom stereocenters. The minimum absolute atomic E-state index is 0.0146. The van der Waals surface area contributed by atoms with Crippen molar-refractivity contribution in [2.24, 2.45) is 5.73 Å². The molecule has 0 spiro atoms. The highest BCUT2D eigenvalue weighted by Gasteiger charge is 2.19. The highest BCUT2D eigenvalue weighted by atomic mass is 16.6. The number of rotatable bonds is 9. The fourth-order valence-corrected chi connectivity index (χ4v) is 2.66. The molecule has 2 rings (SSSR count). The average molecular weight is 392 g/mol. The molecule has 1 unspecified atom stereocenters. The molecule has 28 heavy (non-hydrogen) atoms. The molecule has 11 nitrogen and oxygen atoms in total. The molecule has 11 heteroatoms. The number of nitro groups is 2. The van der Waals surface area contributed by atoms with Gasteiger partial charge in [-0.25, -0.2) is 0 Å². The van der Waals surface area contributed by atoms with Crippen LogP contribution in [0.2, 0.25) is 0 Å². The van der Waals surface area contributed by atoms with E-state index >= 15 is 0 Å². The van der Waals surface area contributed by atoms with E-state index in [0.717, 1.165) is 12.1 Å². The molecule has 0 bridgehead atoms. The van der Waals surface area contributed by atoms with E-state index < -0.39 is 16.0 Å². The molecule has 0 aliphatic rings. The standard InChI is InChI=1S/C17H20N4O7/c18-7-15(22)10-19(8-11-5-13(20(25)26)1-3-16(11)23)9-12-6-14(21(27)28)2-4-17(12)24/h1-6,15,22-24H,7-10,18H2. The first-order valence-corrected chi connectivity index (χ1v) is 8.24. The molecule has 0 saturated heterocycles. The molecular weight excluding hydrogens is 372 g/mol. The first-order valence-electron chi connectivity index (χ1n) is 8.24. The van der Waals surface area contributed by atoms with Crippen LogP contribution in [0.25, 0.3) is 0 Å². The van der Waals surface area contributed by atoms with Gasteiger partial charge in [-0.3, -0.25) is 25.1 Å². The Balaban J connectivity index is 2.33. The van der Waals surface area contributed by atoms with Gasteiger partial charge in [-0.1, -0.05) is 0 Å². The second kappa shape index (κ2) is 9.08.